The van der Waals surface area contributed by atoms with Crippen molar-refractivity contribution in [1.82, 2.24) is 0 Å². The third-order valence-corrected chi connectivity index (χ3v) is 3.12. The number of amides is 1. The number of benzene rings is 1. The first-order valence-corrected chi connectivity index (χ1v) is 7.30. The van der Waals surface area contributed by atoms with Crippen LogP contribution in [0.1, 0.15) is 25.8 Å². The van der Waals surface area contributed by atoms with E-state index in [0.717, 1.165) is 30.7 Å². The average molecular weight is 284 g/mol. The molecule has 106 valence electrons. The first-order chi connectivity index (χ1) is 9.24. The van der Waals surface area contributed by atoms with Gasteiger partial charge in [-0.2, -0.15) is 0 Å². The van der Waals surface area contributed by atoms with Crippen molar-refractivity contribution in [2.75, 3.05) is 30.5 Å². The molecule has 3 nitrogen and oxygen atoms in total. The highest BCUT2D eigenvalue weighted by atomic mass is 35.5. The van der Waals surface area contributed by atoms with E-state index in [1.165, 1.54) is 0 Å². The minimum atomic E-state index is -0.0809. The number of halogens is 1. The number of rotatable bonds is 8. The molecule has 0 atom stereocenters. The van der Waals surface area contributed by atoms with E-state index in [1.807, 2.05) is 24.3 Å². The summed E-state index contributed by atoms with van der Waals surface area (Å²) in [6, 6.07) is 7.93. The molecule has 4 heteroatoms. The van der Waals surface area contributed by atoms with E-state index in [1.54, 1.807) is 4.90 Å². The van der Waals surface area contributed by atoms with Crippen molar-refractivity contribution in [2.24, 2.45) is 0 Å². The highest BCUT2D eigenvalue weighted by molar-refractivity contribution is 6.29. The van der Waals surface area contributed by atoms with Crippen LogP contribution in [0.2, 0.25) is 0 Å². The molecule has 1 amide bonds. The van der Waals surface area contributed by atoms with E-state index < -0.39 is 0 Å². The van der Waals surface area contributed by atoms with Gasteiger partial charge < -0.3 is 9.64 Å². The Morgan fingerprint density at radius 2 is 2.00 bits per heavy atom. The second kappa shape index (κ2) is 8.94. The molecule has 0 aliphatic carbocycles. The van der Waals surface area contributed by atoms with Crippen LogP contribution in [0.25, 0.3) is 0 Å². The van der Waals surface area contributed by atoms with E-state index in [0.29, 0.717) is 13.2 Å². The van der Waals surface area contributed by atoms with Crippen molar-refractivity contribution >= 4 is 23.2 Å². The SMILES string of the molecule is CCCOCCN(C(=O)CCl)c1ccccc1CC. The van der Waals surface area contributed by atoms with E-state index in [-0.39, 0.29) is 11.8 Å². The number of hydrogen-bond donors (Lipinski definition) is 0. The number of anilines is 1. The van der Waals surface area contributed by atoms with Crippen LogP contribution in [0.3, 0.4) is 0 Å². The molecule has 0 aliphatic rings. The van der Waals surface area contributed by atoms with Gasteiger partial charge >= 0.3 is 0 Å². The van der Waals surface area contributed by atoms with Crippen LogP contribution in [0, 0.1) is 0 Å². The van der Waals surface area contributed by atoms with Crippen molar-refractivity contribution in [2.45, 2.75) is 26.7 Å². The maximum absolute atomic E-state index is 12.0. The number of carbonyl (C=O) groups is 1. The van der Waals surface area contributed by atoms with Gasteiger partial charge in [-0.3, -0.25) is 4.79 Å². The number of ether oxygens (including phenoxy) is 1. The maximum Gasteiger partial charge on any atom is 0.241 e. The summed E-state index contributed by atoms with van der Waals surface area (Å²) < 4.78 is 5.47. The number of aryl methyl sites for hydroxylation is 1. The fourth-order valence-electron chi connectivity index (χ4n) is 1.93. The van der Waals surface area contributed by atoms with Gasteiger partial charge in [0, 0.05) is 18.8 Å². The first kappa shape index (κ1) is 16.0. The molecule has 0 saturated heterocycles. The van der Waals surface area contributed by atoms with Crippen LogP contribution in [0.15, 0.2) is 24.3 Å². The average Bonchev–Trinajstić information content (AvgIpc) is 2.46. The molecular formula is C15H22ClNO2. The van der Waals surface area contributed by atoms with Crippen LogP contribution < -0.4 is 4.90 Å². The summed E-state index contributed by atoms with van der Waals surface area (Å²) in [5.74, 6) is -0.0890. The predicted octanol–water partition coefficient (Wildman–Crippen LogP) is 3.25. The highest BCUT2D eigenvalue weighted by Gasteiger charge is 2.16. The summed E-state index contributed by atoms with van der Waals surface area (Å²) in [7, 11) is 0. The lowest BCUT2D eigenvalue weighted by atomic mass is 10.1. The highest BCUT2D eigenvalue weighted by Crippen LogP contribution is 2.21. The summed E-state index contributed by atoms with van der Waals surface area (Å²) in [5, 5.41) is 0. The number of carbonyl (C=O) groups excluding carboxylic acids is 1. The van der Waals surface area contributed by atoms with Gasteiger partial charge in [0.1, 0.15) is 5.88 Å². The molecule has 0 aromatic heterocycles. The number of nitrogens with zero attached hydrogens (tertiary/aromatic N) is 1. The molecule has 0 fully saturated rings. The third-order valence-electron chi connectivity index (χ3n) is 2.89. The van der Waals surface area contributed by atoms with Crippen molar-refractivity contribution in [3.8, 4) is 0 Å². The Labute approximate surface area is 120 Å². The van der Waals surface area contributed by atoms with Crippen LogP contribution >= 0.6 is 11.6 Å². The molecule has 19 heavy (non-hydrogen) atoms. The Bertz CT molecular complexity index is 395. The zero-order valence-corrected chi connectivity index (χ0v) is 12.4. The zero-order valence-electron chi connectivity index (χ0n) is 11.7. The normalized spacial score (nSPS) is 10.5. The first-order valence-electron chi connectivity index (χ1n) is 6.76. The zero-order chi connectivity index (χ0) is 14.1. The van der Waals surface area contributed by atoms with E-state index in [4.69, 9.17) is 16.3 Å². The van der Waals surface area contributed by atoms with Gasteiger partial charge in [0.25, 0.3) is 0 Å². The molecular weight excluding hydrogens is 262 g/mol. The summed E-state index contributed by atoms with van der Waals surface area (Å²) in [6.07, 6.45) is 1.87. The summed E-state index contributed by atoms with van der Waals surface area (Å²) in [5.41, 5.74) is 2.09. The Hall–Kier alpha value is -1.06. The molecule has 0 spiro atoms. The van der Waals surface area contributed by atoms with Crippen LogP contribution in [-0.4, -0.2) is 31.5 Å². The Morgan fingerprint density at radius 1 is 1.26 bits per heavy atom. The standard InChI is InChI=1S/C15H22ClNO2/c1-3-10-19-11-9-17(15(18)12-16)14-8-6-5-7-13(14)4-2/h5-8H,3-4,9-12H2,1-2H3. The van der Waals surface area contributed by atoms with Gasteiger partial charge in [0.15, 0.2) is 0 Å². The smallest absolute Gasteiger partial charge is 0.241 e. The van der Waals surface area contributed by atoms with Gasteiger partial charge in [0.05, 0.1) is 6.61 Å². The lowest BCUT2D eigenvalue weighted by molar-refractivity contribution is -0.116. The van der Waals surface area contributed by atoms with Crippen molar-refractivity contribution in [3.05, 3.63) is 29.8 Å². The van der Waals surface area contributed by atoms with E-state index in [9.17, 15) is 4.79 Å². The number of alkyl halides is 1. The molecule has 0 bridgehead atoms. The lowest BCUT2D eigenvalue weighted by Gasteiger charge is -2.24. The minimum Gasteiger partial charge on any atom is -0.380 e. The molecule has 0 unspecified atom stereocenters. The fraction of sp³-hybridized carbons (Fsp3) is 0.533. The monoisotopic (exact) mass is 283 g/mol. The largest absolute Gasteiger partial charge is 0.380 e. The van der Waals surface area contributed by atoms with Gasteiger partial charge in [0.2, 0.25) is 5.91 Å². The molecule has 0 radical (unpaired) electrons. The maximum atomic E-state index is 12.0. The van der Waals surface area contributed by atoms with Gasteiger partial charge in [-0.1, -0.05) is 32.0 Å². The molecule has 1 aromatic carbocycles. The molecule has 1 aromatic rings. The molecule has 0 aliphatic heterocycles. The van der Waals surface area contributed by atoms with Gasteiger partial charge in [-0.15, -0.1) is 11.6 Å². The quantitative estimate of drug-likeness (QED) is 0.541. The van der Waals surface area contributed by atoms with Gasteiger partial charge in [-0.25, -0.2) is 0 Å². The minimum absolute atomic E-state index is 0.00811. The summed E-state index contributed by atoms with van der Waals surface area (Å²) in [4.78, 5) is 13.7. The van der Waals surface area contributed by atoms with Crippen LogP contribution in [0.4, 0.5) is 5.69 Å². The Balaban J connectivity index is 2.81. The third kappa shape index (κ3) is 4.84. The number of hydrogen-bond acceptors (Lipinski definition) is 2. The molecule has 0 heterocycles. The predicted molar refractivity (Wildman–Crippen MR) is 80.0 cm³/mol. The second-order valence-electron chi connectivity index (χ2n) is 4.27. The van der Waals surface area contributed by atoms with Gasteiger partial charge in [-0.05, 0) is 24.5 Å². The summed E-state index contributed by atoms with van der Waals surface area (Å²) >= 11 is 5.70. The molecule has 0 saturated carbocycles. The van der Waals surface area contributed by atoms with Crippen LogP contribution in [0.5, 0.6) is 0 Å². The van der Waals surface area contributed by atoms with E-state index >= 15 is 0 Å². The Morgan fingerprint density at radius 3 is 2.63 bits per heavy atom. The number of para-hydroxylation sites is 1. The van der Waals surface area contributed by atoms with Crippen molar-refractivity contribution in [3.63, 3.8) is 0 Å². The Kier molecular flexibility index (Phi) is 7.53. The summed E-state index contributed by atoms with van der Waals surface area (Å²) in [6.45, 7) is 5.94. The lowest BCUT2D eigenvalue weighted by Crippen LogP contribution is -2.35. The van der Waals surface area contributed by atoms with E-state index in [2.05, 4.69) is 13.8 Å². The second-order valence-corrected chi connectivity index (χ2v) is 4.54. The molecule has 0 N–H and O–H groups in total. The van der Waals surface area contributed by atoms with Crippen molar-refractivity contribution in [1.29, 1.82) is 0 Å². The molecule has 1 rings (SSSR count). The van der Waals surface area contributed by atoms with Crippen LogP contribution in [-0.2, 0) is 16.0 Å². The fourth-order valence-corrected chi connectivity index (χ4v) is 2.07. The topological polar surface area (TPSA) is 29.5 Å². The van der Waals surface area contributed by atoms with Crippen molar-refractivity contribution < 1.29 is 9.53 Å².